The van der Waals surface area contributed by atoms with Gasteiger partial charge >= 0.3 is 0 Å². The molecule has 7 heteroatoms. The van der Waals surface area contributed by atoms with Crippen molar-refractivity contribution in [3.63, 3.8) is 0 Å². The molecule has 1 atom stereocenters. The van der Waals surface area contributed by atoms with Gasteiger partial charge in [0.2, 0.25) is 5.89 Å². The molecule has 0 amide bonds. The van der Waals surface area contributed by atoms with E-state index in [2.05, 4.69) is 22.1 Å². The molecule has 1 saturated heterocycles. The van der Waals surface area contributed by atoms with Crippen molar-refractivity contribution in [2.75, 3.05) is 33.6 Å². The summed E-state index contributed by atoms with van der Waals surface area (Å²) >= 11 is 1.62. The second kappa shape index (κ2) is 7.23. The van der Waals surface area contributed by atoms with Gasteiger partial charge in [-0.15, -0.1) is 10.2 Å². The van der Waals surface area contributed by atoms with E-state index in [9.17, 15) is 0 Å². The average molecular weight is 335 g/mol. The van der Waals surface area contributed by atoms with E-state index in [-0.39, 0.29) is 0 Å². The van der Waals surface area contributed by atoms with Gasteiger partial charge in [0.1, 0.15) is 0 Å². The lowest BCUT2D eigenvalue weighted by Gasteiger charge is -2.17. The van der Waals surface area contributed by atoms with Gasteiger partial charge in [-0.05, 0) is 44.6 Å². The molecular weight excluding hydrogens is 314 g/mol. The van der Waals surface area contributed by atoms with E-state index < -0.39 is 0 Å². The van der Waals surface area contributed by atoms with Gasteiger partial charge in [-0.2, -0.15) is 0 Å². The molecule has 2 aromatic rings. The third kappa shape index (κ3) is 3.61. The molecule has 0 bridgehead atoms. The number of aromatic nitrogens is 2. The van der Waals surface area contributed by atoms with Crippen molar-refractivity contribution in [1.29, 1.82) is 0 Å². The number of methoxy groups -OCH3 is 2. The van der Waals surface area contributed by atoms with Gasteiger partial charge < -0.3 is 18.8 Å². The van der Waals surface area contributed by atoms with Crippen LogP contribution < -0.4 is 9.47 Å². The molecule has 0 aliphatic carbocycles. The molecule has 2 heterocycles. The number of benzene rings is 1. The highest BCUT2D eigenvalue weighted by atomic mass is 32.2. The molecule has 0 radical (unpaired) electrons. The van der Waals surface area contributed by atoms with Crippen LogP contribution >= 0.6 is 11.8 Å². The molecule has 0 spiro atoms. The fourth-order valence-corrected chi connectivity index (χ4v) is 3.70. The Kier molecular flexibility index (Phi) is 5.07. The molecule has 1 aliphatic heterocycles. The van der Waals surface area contributed by atoms with Crippen LogP contribution in [0, 0.1) is 0 Å². The summed E-state index contributed by atoms with van der Waals surface area (Å²) in [6.45, 7) is 1.17. The lowest BCUT2D eigenvalue weighted by molar-refractivity contribution is 0.334. The summed E-state index contributed by atoms with van der Waals surface area (Å²) in [5, 5.41) is 8.87. The maximum Gasteiger partial charge on any atom is 0.276 e. The molecule has 6 nitrogen and oxygen atoms in total. The van der Waals surface area contributed by atoms with Crippen molar-refractivity contribution in [1.82, 2.24) is 15.1 Å². The van der Waals surface area contributed by atoms with E-state index in [1.54, 1.807) is 26.0 Å². The van der Waals surface area contributed by atoms with Crippen LogP contribution in [0.15, 0.2) is 27.8 Å². The third-order valence-electron chi connectivity index (χ3n) is 4.11. The largest absolute Gasteiger partial charge is 0.493 e. The summed E-state index contributed by atoms with van der Waals surface area (Å²) in [7, 11) is 5.38. The molecule has 1 aromatic heterocycles. The fourth-order valence-electron chi connectivity index (χ4n) is 2.71. The lowest BCUT2D eigenvalue weighted by Crippen LogP contribution is -2.26. The SMILES string of the molecule is COc1ccc(-c2nnc(SCC3CCCN3C)o2)cc1OC. The maximum absolute atomic E-state index is 5.76. The first-order chi connectivity index (χ1) is 11.2. The van der Waals surface area contributed by atoms with E-state index in [0.717, 1.165) is 11.3 Å². The minimum atomic E-state index is 0.494. The van der Waals surface area contributed by atoms with E-state index in [0.29, 0.717) is 28.7 Å². The standard InChI is InChI=1S/C16H21N3O3S/c1-19-8-4-5-12(19)10-23-16-18-17-15(22-16)11-6-7-13(20-2)14(9-11)21-3/h6-7,9,12H,4-5,8,10H2,1-3H3. The van der Waals surface area contributed by atoms with E-state index >= 15 is 0 Å². The molecule has 1 aromatic carbocycles. The summed E-state index contributed by atoms with van der Waals surface area (Å²) in [5.74, 6) is 2.79. The van der Waals surface area contributed by atoms with Crippen LogP contribution in [0.25, 0.3) is 11.5 Å². The average Bonchev–Trinajstić information content (AvgIpc) is 3.21. The van der Waals surface area contributed by atoms with Crippen LogP contribution in [-0.2, 0) is 0 Å². The Morgan fingerprint density at radius 3 is 2.78 bits per heavy atom. The van der Waals surface area contributed by atoms with E-state index in [1.807, 2.05) is 18.2 Å². The Balaban J connectivity index is 1.69. The molecule has 1 fully saturated rings. The molecule has 23 heavy (non-hydrogen) atoms. The minimum Gasteiger partial charge on any atom is -0.493 e. The molecule has 124 valence electrons. The van der Waals surface area contributed by atoms with Crippen molar-refractivity contribution < 1.29 is 13.9 Å². The topological polar surface area (TPSA) is 60.6 Å². The number of hydrogen-bond donors (Lipinski definition) is 0. The molecule has 3 rings (SSSR count). The van der Waals surface area contributed by atoms with Gasteiger partial charge in [0.05, 0.1) is 14.2 Å². The Labute approximate surface area is 140 Å². The first-order valence-corrected chi connectivity index (χ1v) is 8.58. The van der Waals surface area contributed by atoms with Gasteiger partial charge in [-0.25, -0.2) is 0 Å². The summed E-state index contributed by atoms with van der Waals surface area (Å²) in [6.07, 6.45) is 2.50. The van der Waals surface area contributed by atoms with Crippen LogP contribution in [0.5, 0.6) is 11.5 Å². The number of ether oxygens (including phenoxy) is 2. The predicted octanol–water partition coefficient (Wildman–Crippen LogP) is 2.94. The number of rotatable bonds is 6. The molecule has 0 saturated carbocycles. The van der Waals surface area contributed by atoms with Crippen molar-refractivity contribution in [2.24, 2.45) is 0 Å². The van der Waals surface area contributed by atoms with Gasteiger partial charge in [0.15, 0.2) is 11.5 Å². The van der Waals surface area contributed by atoms with Gasteiger partial charge in [-0.1, -0.05) is 11.8 Å². The number of thioether (sulfide) groups is 1. The Morgan fingerprint density at radius 2 is 2.09 bits per heavy atom. The monoisotopic (exact) mass is 335 g/mol. The number of nitrogens with zero attached hydrogens (tertiary/aromatic N) is 3. The summed E-state index contributed by atoms with van der Waals surface area (Å²) in [5.41, 5.74) is 0.819. The first-order valence-electron chi connectivity index (χ1n) is 7.60. The van der Waals surface area contributed by atoms with Crippen molar-refractivity contribution in [3.05, 3.63) is 18.2 Å². The normalized spacial score (nSPS) is 18.3. The number of likely N-dealkylation sites (tertiary alicyclic amines) is 1. The highest BCUT2D eigenvalue weighted by molar-refractivity contribution is 7.99. The Hall–Kier alpha value is -1.73. The fraction of sp³-hybridized carbons (Fsp3) is 0.500. The van der Waals surface area contributed by atoms with E-state index in [4.69, 9.17) is 13.9 Å². The number of hydrogen-bond acceptors (Lipinski definition) is 7. The Morgan fingerprint density at radius 1 is 1.26 bits per heavy atom. The van der Waals surface area contributed by atoms with Gasteiger partial charge in [0.25, 0.3) is 5.22 Å². The third-order valence-corrected chi connectivity index (χ3v) is 5.07. The second-order valence-electron chi connectivity index (χ2n) is 5.53. The molecule has 1 aliphatic rings. The van der Waals surface area contributed by atoms with Crippen molar-refractivity contribution in [3.8, 4) is 23.0 Å². The van der Waals surface area contributed by atoms with Gasteiger partial charge in [0, 0.05) is 17.4 Å². The van der Waals surface area contributed by atoms with Gasteiger partial charge in [-0.3, -0.25) is 0 Å². The zero-order valence-electron chi connectivity index (χ0n) is 13.6. The lowest BCUT2D eigenvalue weighted by atomic mass is 10.2. The van der Waals surface area contributed by atoms with Crippen LogP contribution in [-0.4, -0.2) is 54.7 Å². The second-order valence-corrected chi connectivity index (χ2v) is 6.50. The van der Waals surface area contributed by atoms with E-state index in [1.165, 1.54) is 19.4 Å². The maximum atomic E-state index is 5.76. The zero-order valence-corrected chi connectivity index (χ0v) is 14.4. The van der Waals surface area contributed by atoms with Crippen molar-refractivity contribution >= 4 is 11.8 Å². The summed E-state index contributed by atoms with van der Waals surface area (Å²) in [6, 6.07) is 6.15. The minimum absolute atomic E-state index is 0.494. The van der Waals surface area contributed by atoms with Crippen LogP contribution in [0.1, 0.15) is 12.8 Å². The first kappa shape index (κ1) is 16.1. The van der Waals surface area contributed by atoms with Crippen LogP contribution in [0.4, 0.5) is 0 Å². The summed E-state index contributed by atoms with van der Waals surface area (Å²) in [4.78, 5) is 2.39. The molecular formula is C16H21N3O3S. The zero-order chi connectivity index (χ0) is 16.2. The molecule has 1 unspecified atom stereocenters. The highest BCUT2D eigenvalue weighted by Crippen LogP contribution is 2.33. The predicted molar refractivity (Wildman–Crippen MR) is 89.2 cm³/mol. The van der Waals surface area contributed by atoms with Crippen molar-refractivity contribution in [2.45, 2.75) is 24.1 Å². The van der Waals surface area contributed by atoms with Crippen LogP contribution in [0.3, 0.4) is 0 Å². The molecule has 0 N–H and O–H groups in total. The Bertz CT molecular complexity index is 662. The smallest absolute Gasteiger partial charge is 0.276 e. The highest BCUT2D eigenvalue weighted by Gasteiger charge is 2.22. The quantitative estimate of drug-likeness (QED) is 0.752. The summed E-state index contributed by atoms with van der Waals surface area (Å²) < 4.78 is 16.3. The van der Waals surface area contributed by atoms with Crippen LogP contribution in [0.2, 0.25) is 0 Å².